The van der Waals surface area contributed by atoms with Crippen molar-refractivity contribution in [3.63, 3.8) is 0 Å². The molecule has 106 valence electrons. The maximum Gasteiger partial charge on any atom is 0.0451 e. The average molecular weight is 262 g/mol. The normalized spacial score (nSPS) is 20.1. The SMILES string of the molecule is Cc1cccc(C(C)C)c1N1CCNCC1CCO. The minimum atomic E-state index is 0.256. The van der Waals surface area contributed by atoms with Crippen LogP contribution >= 0.6 is 0 Å². The molecular weight excluding hydrogens is 236 g/mol. The Morgan fingerprint density at radius 2 is 2.21 bits per heavy atom. The zero-order chi connectivity index (χ0) is 13.8. The van der Waals surface area contributed by atoms with Crippen LogP contribution < -0.4 is 10.2 Å². The molecule has 1 aliphatic heterocycles. The molecule has 0 bridgehead atoms. The number of anilines is 1. The van der Waals surface area contributed by atoms with E-state index in [9.17, 15) is 5.11 Å². The summed E-state index contributed by atoms with van der Waals surface area (Å²) in [6, 6.07) is 6.99. The van der Waals surface area contributed by atoms with E-state index in [4.69, 9.17) is 0 Å². The molecule has 1 aromatic rings. The summed E-state index contributed by atoms with van der Waals surface area (Å²) in [6.45, 7) is 9.96. The molecule has 0 radical (unpaired) electrons. The smallest absolute Gasteiger partial charge is 0.0451 e. The topological polar surface area (TPSA) is 35.5 Å². The summed E-state index contributed by atoms with van der Waals surface area (Å²) in [5, 5.41) is 12.7. The number of aliphatic hydroxyl groups is 1. The molecule has 0 saturated carbocycles. The number of nitrogens with zero attached hydrogens (tertiary/aromatic N) is 1. The summed E-state index contributed by atoms with van der Waals surface area (Å²) in [7, 11) is 0. The lowest BCUT2D eigenvalue weighted by Crippen LogP contribution is -2.52. The Morgan fingerprint density at radius 3 is 2.89 bits per heavy atom. The van der Waals surface area contributed by atoms with Crippen molar-refractivity contribution in [2.45, 2.75) is 39.2 Å². The van der Waals surface area contributed by atoms with Crippen molar-refractivity contribution < 1.29 is 5.11 Å². The van der Waals surface area contributed by atoms with Gasteiger partial charge in [-0.3, -0.25) is 0 Å². The van der Waals surface area contributed by atoms with Gasteiger partial charge in [0.1, 0.15) is 0 Å². The maximum absolute atomic E-state index is 9.28. The molecule has 0 aliphatic carbocycles. The summed E-state index contributed by atoms with van der Waals surface area (Å²) in [5.41, 5.74) is 4.15. The van der Waals surface area contributed by atoms with Crippen LogP contribution in [0.5, 0.6) is 0 Å². The van der Waals surface area contributed by atoms with Crippen LogP contribution in [-0.4, -0.2) is 37.4 Å². The highest BCUT2D eigenvalue weighted by Gasteiger charge is 2.25. The molecule has 1 saturated heterocycles. The van der Waals surface area contributed by atoms with Gasteiger partial charge in [-0.15, -0.1) is 0 Å². The number of rotatable bonds is 4. The number of benzene rings is 1. The highest BCUT2D eigenvalue weighted by Crippen LogP contribution is 2.33. The minimum absolute atomic E-state index is 0.256. The largest absolute Gasteiger partial charge is 0.396 e. The van der Waals surface area contributed by atoms with Gasteiger partial charge in [-0.25, -0.2) is 0 Å². The second kappa shape index (κ2) is 6.40. The average Bonchev–Trinajstić information content (AvgIpc) is 2.40. The monoisotopic (exact) mass is 262 g/mol. The van der Waals surface area contributed by atoms with Crippen LogP contribution in [-0.2, 0) is 0 Å². The van der Waals surface area contributed by atoms with Crippen molar-refractivity contribution in [1.29, 1.82) is 0 Å². The Morgan fingerprint density at radius 1 is 1.42 bits per heavy atom. The molecule has 2 rings (SSSR count). The Hall–Kier alpha value is -1.06. The van der Waals surface area contributed by atoms with Crippen LogP contribution in [0, 0.1) is 6.92 Å². The first-order chi connectivity index (χ1) is 9.15. The quantitative estimate of drug-likeness (QED) is 0.874. The number of aliphatic hydroxyl groups excluding tert-OH is 1. The molecule has 0 spiro atoms. The number of para-hydroxylation sites is 1. The third-order valence-corrected chi connectivity index (χ3v) is 3.99. The molecule has 1 aliphatic rings. The zero-order valence-corrected chi connectivity index (χ0v) is 12.3. The van der Waals surface area contributed by atoms with Gasteiger partial charge < -0.3 is 15.3 Å². The summed E-state index contributed by atoms with van der Waals surface area (Å²) < 4.78 is 0. The summed E-state index contributed by atoms with van der Waals surface area (Å²) in [6.07, 6.45) is 0.832. The van der Waals surface area contributed by atoms with Gasteiger partial charge in [0.15, 0.2) is 0 Å². The molecule has 19 heavy (non-hydrogen) atoms. The highest BCUT2D eigenvalue weighted by molar-refractivity contribution is 5.61. The van der Waals surface area contributed by atoms with E-state index in [1.54, 1.807) is 0 Å². The number of aryl methyl sites for hydroxylation is 1. The van der Waals surface area contributed by atoms with Crippen molar-refractivity contribution in [2.75, 3.05) is 31.1 Å². The summed E-state index contributed by atoms with van der Waals surface area (Å²) in [5.74, 6) is 0.527. The fourth-order valence-electron chi connectivity index (χ4n) is 3.00. The lowest BCUT2D eigenvalue weighted by Gasteiger charge is -2.40. The molecule has 2 N–H and O–H groups in total. The van der Waals surface area contributed by atoms with Crippen LogP contribution in [0.2, 0.25) is 0 Å². The zero-order valence-electron chi connectivity index (χ0n) is 12.3. The second-order valence-corrected chi connectivity index (χ2v) is 5.73. The van der Waals surface area contributed by atoms with Crippen LogP contribution in [0.1, 0.15) is 37.3 Å². The molecule has 0 amide bonds. The first-order valence-corrected chi connectivity index (χ1v) is 7.33. The first kappa shape index (κ1) is 14.4. The van der Waals surface area contributed by atoms with E-state index in [-0.39, 0.29) is 6.61 Å². The molecule has 1 fully saturated rings. The van der Waals surface area contributed by atoms with Gasteiger partial charge in [-0.2, -0.15) is 0 Å². The van der Waals surface area contributed by atoms with Gasteiger partial charge in [0.25, 0.3) is 0 Å². The molecule has 1 unspecified atom stereocenters. The first-order valence-electron chi connectivity index (χ1n) is 7.33. The Kier molecular flexibility index (Phi) is 4.83. The molecule has 3 nitrogen and oxygen atoms in total. The highest BCUT2D eigenvalue weighted by atomic mass is 16.3. The van der Waals surface area contributed by atoms with Crippen LogP contribution in [0.4, 0.5) is 5.69 Å². The van der Waals surface area contributed by atoms with E-state index in [0.29, 0.717) is 12.0 Å². The Bertz CT molecular complexity index is 415. The molecular formula is C16H26N2O. The van der Waals surface area contributed by atoms with E-state index in [1.165, 1.54) is 16.8 Å². The van der Waals surface area contributed by atoms with Gasteiger partial charge in [0.2, 0.25) is 0 Å². The number of nitrogens with one attached hydrogen (secondary N) is 1. The van der Waals surface area contributed by atoms with Crippen molar-refractivity contribution in [2.24, 2.45) is 0 Å². The standard InChI is InChI=1S/C16H26N2O/c1-12(2)15-6-4-5-13(3)16(15)18-9-8-17-11-14(18)7-10-19/h4-6,12,14,17,19H,7-11H2,1-3H3. The Balaban J connectivity index is 2.37. The molecule has 1 atom stereocenters. The van der Waals surface area contributed by atoms with Crippen molar-refractivity contribution in [3.05, 3.63) is 29.3 Å². The van der Waals surface area contributed by atoms with Gasteiger partial charge in [-0.05, 0) is 30.4 Å². The number of piperazine rings is 1. The lowest BCUT2D eigenvalue weighted by molar-refractivity contribution is 0.265. The molecule has 1 aromatic carbocycles. The fraction of sp³-hybridized carbons (Fsp3) is 0.625. The van der Waals surface area contributed by atoms with Crippen LogP contribution in [0.3, 0.4) is 0 Å². The minimum Gasteiger partial charge on any atom is -0.396 e. The van der Waals surface area contributed by atoms with Gasteiger partial charge >= 0.3 is 0 Å². The van der Waals surface area contributed by atoms with E-state index in [2.05, 4.69) is 49.2 Å². The van der Waals surface area contributed by atoms with Crippen LogP contribution in [0.15, 0.2) is 18.2 Å². The lowest BCUT2D eigenvalue weighted by atomic mass is 9.95. The Labute approximate surface area is 116 Å². The molecule has 0 aromatic heterocycles. The van der Waals surface area contributed by atoms with E-state index in [1.807, 2.05) is 0 Å². The van der Waals surface area contributed by atoms with Crippen molar-refractivity contribution >= 4 is 5.69 Å². The fourth-order valence-corrected chi connectivity index (χ4v) is 3.00. The maximum atomic E-state index is 9.28. The third-order valence-electron chi connectivity index (χ3n) is 3.99. The predicted molar refractivity (Wildman–Crippen MR) is 81.0 cm³/mol. The van der Waals surface area contributed by atoms with Gasteiger partial charge in [-0.1, -0.05) is 32.0 Å². The molecule has 1 heterocycles. The van der Waals surface area contributed by atoms with Crippen molar-refractivity contribution in [1.82, 2.24) is 5.32 Å². The van der Waals surface area contributed by atoms with Crippen molar-refractivity contribution in [3.8, 4) is 0 Å². The molecule has 3 heteroatoms. The third kappa shape index (κ3) is 3.10. The van der Waals surface area contributed by atoms with Gasteiger partial charge in [0, 0.05) is 38.0 Å². The van der Waals surface area contributed by atoms with E-state index in [0.717, 1.165) is 26.1 Å². The second-order valence-electron chi connectivity index (χ2n) is 5.73. The van der Waals surface area contributed by atoms with E-state index >= 15 is 0 Å². The van der Waals surface area contributed by atoms with Gasteiger partial charge in [0.05, 0.1) is 0 Å². The van der Waals surface area contributed by atoms with E-state index < -0.39 is 0 Å². The summed E-state index contributed by atoms with van der Waals surface area (Å²) in [4.78, 5) is 2.50. The predicted octanol–water partition coefficient (Wildman–Crippen LogP) is 2.28. The summed E-state index contributed by atoms with van der Waals surface area (Å²) >= 11 is 0. The number of hydrogen-bond acceptors (Lipinski definition) is 3. The van der Waals surface area contributed by atoms with Crippen LogP contribution in [0.25, 0.3) is 0 Å². The number of hydrogen-bond donors (Lipinski definition) is 2.